The number of hydrogen-bond acceptors (Lipinski definition) is 3. The van der Waals surface area contributed by atoms with Gasteiger partial charge in [-0.05, 0) is 37.5 Å². The summed E-state index contributed by atoms with van der Waals surface area (Å²) in [7, 11) is -3.23. The molecule has 0 spiro atoms. The van der Waals surface area contributed by atoms with Gasteiger partial charge in [-0.15, -0.1) is 0 Å². The van der Waals surface area contributed by atoms with Crippen LogP contribution in [0.25, 0.3) is 0 Å². The highest BCUT2D eigenvalue weighted by Crippen LogP contribution is 2.25. The summed E-state index contributed by atoms with van der Waals surface area (Å²) in [5, 5.41) is 3.54. The van der Waals surface area contributed by atoms with E-state index >= 15 is 0 Å². The summed E-state index contributed by atoms with van der Waals surface area (Å²) in [6, 6.07) is 6.37. The molecular formula is C15H24N2O2S. The quantitative estimate of drug-likeness (QED) is 0.836. The number of nitrogens with one attached hydrogen (secondary N) is 2. The van der Waals surface area contributed by atoms with Crippen LogP contribution in [0.3, 0.4) is 0 Å². The van der Waals surface area contributed by atoms with Crippen LogP contribution in [0.1, 0.15) is 44.1 Å². The van der Waals surface area contributed by atoms with Gasteiger partial charge in [0.25, 0.3) is 0 Å². The Balaban J connectivity index is 2.10. The third kappa shape index (κ3) is 4.71. The maximum absolute atomic E-state index is 11.4. The minimum Gasteiger partial charge on any atom is -0.382 e. The zero-order valence-corrected chi connectivity index (χ0v) is 13.1. The van der Waals surface area contributed by atoms with E-state index in [1.165, 1.54) is 44.8 Å². The Morgan fingerprint density at radius 1 is 1.10 bits per heavy atom. The molecule has 0 atom stereocenters. The fourth-order valence-corrected chi connectivity index (χ4v) is 3.30. The maximum Gasteiger partial charge on any atom is 0.229 e. The van der Waals surface area contributed by atoms with Crippen molar-refractivity contribution in [2.45, 2.75) is 51.5 Å². The van der Waals surface area contributed by atoms with E-state index in [2.05, 4.69) is 10.0 Å². The van der Waals surface area contributed by atoms with Crippen molar-refractivity contribution < 1.29 is 8.42 Å². The Labute approximate surface area is 122 Å². The first kappa shape index (κ1) is 15.2. The van der Waals surface area contributed by atoms with Crippen LogP contribution in [0.15, 0.2) is 18.2 Å². The van der Waals surface area contributed by atoms with Crippen LogP contribution in [-0.4, -0.2) is 20.7 Å². The van der Waals surface area contributed by atoms with Crippen LogP contribution < -0.4 is 10.0 Å². The molecule has 2 rings (SSSR count). The van der Waals surface area contributed by atoms with E-state index in [0.29, 0.717) is 11.7 Å². The topological polar surface area (TPSA) is 58.2 Å². The molecule has 0 aromatic heterocycles. The van der Waals surface area contributed by atoms with Crippen LogP contribution in [0.2, 0.25) is 0 Å². The molecule has 0 amide bonds. The Morgan fingerprint density at radius 3 is 2.35 bits per heavy atom. The van der Waals surface area contributed by atoms with Crippen molar-refractivity contribution in [3.05, 3.63) is 23.8 Å². The molecule has 2 N–H and O–H groups in total. The van der Waals surface area contributed by atoms with Gasteiger partial charge in [0.2, 0.25) is 10.0 Å². The van der Waals surface area contributed by atoms with Crippen molar-refractivity contribution in [2.24, 2.45) is 0 Å². The van der Waals surface area contributed by atoms with Crippen LogP contribution >= 0.6 is 0 Å². The summed E-state index contributed by atoms with van der Waals surface area (Å²) in [5.74, 6) is 0. The van der Waals surface area contributed by atoms with E-state index in [9.17, 15) is 8.42 Å². The van der Waals surface area contributed by atoms with Gasteiger partial charge in [-0.2, -0.15) is 0 Å². The molecule has 1 aromatic carbocycles. The standard InChI is InChI=1S/C15H24N2O2S/c1-12-9-10-14(11-15(12)17-20(2,18)19)16-13-7-5-3-4-6-8-13/h9-11,13,16-17H,3-8H2,1-2H3. The van der Waals surface area contributed by atoms with E-state index < -0.39 is 10.0 Å². The number of aryl methyl sites for hydroxylation is 1. The molecule has 20 heavy (non-hydrogen) atoms. The van der Waals surface area contributed by atoms with Crippen molar-refractivity contribution in [1.82, 2.24) is 0 Å². The number of hydrogen-bond donors (Lipinski definition) is 2. The lowest BCUT2D eigenvalue weighted by Gasteiger charge is -2.19. The molecule has 4 nitrogen and oxygen atoms in total. The zero-order valence-electron chi connectivity index (χ0n) is 12.3. The monoisotopic (exact) mass is 296 g/mol. The molecular weight excluding hydrogens is 272 g/mol. The Kier molecular flexibility index (Phi) is 4.91. The second-order valence-electron chi connectivity index (χ2n) is 5.74. The third-order valence-electron chi connectivity index (χ3n) is 3.76. The fourth-order valence-electron chi connectivity index (χ4n) is 2.68. The minimum absolute atomic E-state index is 0.506. The Hall–Kier alpha value is -1.23. The van der Waals surface area contributed by atoms with Gasteiger partial charge < -0.3 is 5.32 Å². The van der Waals surface area contributed by atoms with Crippen molar-refractivity contribution in [3.63, 3.8) is 0 Å². The summed E-state index contributed by atoms with van der Waals surface area (Å²) in [5.41, 5.74) is 2.58. The highest BCUT2D eigenvalue weighted by molar-refractivity contribution is 7.92. The summed E-state index contributed by atoms with van der Waals surface area (Å²) in [4.78, 5) is 0. The average Bonchev–Trinajstić information content (AvgIpc) is 2.60. The molecule has 1 saturated carbocycles. The molecule has 0 saturated heterocycles. The van der Waals surface area contributed by atoms with E-state index in [0.717, 1.165) is 11.3 Å². The lowest BCUT2D eigenvalue weighted by molar-refractivity contribution is 0.607. The number of anilines is 2. The highest BCUT2D eigenvalue weighted by atomic mass is 32.2. The third-order valence-corrected chi connectivity index (χ3v) is 4.35. The summed E-state index contributed by atoms with van der Waals surface area (Å²) >= 11 is 0. The minimum atomic E-state index is -3.23. The van der Waals surface area contributed by atoms with Crippen molar-refractivity contribution in [2.75, 3.05) is 16.3 Å². The van der Waals surface area contributed by atoms with Crippen molar-refractivity contribution in [3.8, 4) is 0 Å². The molecule has 112 valence electrons. The van der Waals surface area contributed by atoms with Gasteiger partial charge in [0.15, 0.2) is 0 Å². The van der Waals surface area contributed by atoms with Crippen LogP contribution in [0.5, 0.6) is 0 Å². The van der Waals surface area contributed by atoms with Crippen molar-refractivity contribution in [1.29, 1.82) is 0 Å². The summed E-state index contributed by atoms with van der Waals surface area (Å²) in [6.07, 6.45) is 8.78. The number of sulfonamides is 1. The number of benzene rings is 1. The van der Waals surface area contributed by atoms with Gasteiger partial charge in [-0.1, -0.05) is 31.7 Å². The van der Waals surface area contributed by atoms with Crippen molar-refractivity contribution >= 4 is 21.4 Å². The van der Waals surface area contributed by atoms with Crippen LogP contribution in [-0.2, 0) is 10.0 Å². The van der Waals surface area contributed by atoms with Gasteiger partial charge in [-0.3, -0.25) is 4.72 Å². The van der Waals surface area contributed by atoms with E-state index in [-0.39, 0.29) is 0 Å². The molecule has 0 bridgehead atoms. The van der Waals surface area contributed by atoms with Crippen LogP contribution in [0, 0.1) is 6.92 Å². The number of rotatable bonds is 4. The highest BCUT2D eigenvalue weighted by Gasteiger charge is 2.13. The maximum atomic E-state index is 11.4. The van der Waals surface area contributed by atoms with Gasteiger partial charge in [0.1, 0.15) is 0 Å². The molecule has 1 fully saturated rings. The molecule has 0 unspecified atom stereocenters. The SMILES string of the molecule is Cc1ccc(NC2CCCCCC2)cc1NS(C)(=O)=O. The van der Waals surface area contributed by atoms with Crippen LogP contribution in [0.4, 0.5) is 11.4 Å². The van der Waals surface area contributed by atoms with E-state index in [1.807, 2.05) is 25.1 Å². The predicted molar refractivity (Wildman–Crippen MR) is 84.8 cm³/mol. The normalized spacial score (nSPS) is 17.5. The van der Waals surface area contributed by atoms with Gasteiger partial charge in [0, 0.05) is 11.7 Å². The lowest BCUT2D eigenvalue weighted by Crippen LogP contribution is -2.18. The lowest BCUT2D eigenvalue weighted by atomic mass is 10.1. The average molecular weight is 296 g/mol. The first-order valence-electron chi connectivity index (χ1n) is 7.29. The van der Waals surface area contributed by atoms with Gasteiger partial charge in [-0.25, -0.2) is 8.42 Å². The molecule has 0 aliphatic heterocycles. The molecule has 0 heterocycles. The predicted octanol–water partition coefficient (Wildman–Crippen LogP) is 3.50. The Morgan fingerprint density at radius 2 is 1.75 bits per heavy atom. The smallest absolute Gasteiger partial charge is 0.229 e. The zero-order chi connectivity index (χ0) is 14.6. The molecule has 1 aromatic rings. The molecule has 1 aliphatic carbocycles. The molecule has 5 heteroatoms. The first-order valence-corrected chi connectivity index (χ1v) is 9.18. The summed E-state index contributed by atoms with van der Waals surface area (Å²) in [6.45, 7) is 1.91. The molecule has 1 aliphatic rings. The van der Waals surface area contributed by atoms with E-state index in [4.69, 9.17) is 0 Å². The second-order valence-corrected chi connectivity index (χ2v) is 7.49. The first-order chi connectivity index (χ1) is 9.44. The Bertz CT molecular complexity index is 547. The second kappa shape index (κ2) is 6.48. The van der Waals surface area contributed by atoms with Gasteiger partial charge >= 0.3 is 0 Å². The van der Waals surface area contributed by atoms with E-state index in [1.54, 1.807) is 0 Å². The summed E-state index contributed by atoms with van der Waals surface area (Å²) < 4.78 is 25.3. The van der Waals surface area contributed by atoms with Gasteiger partial charge in [0.05, 0.1) is 11.9 Å². The largest absolute Gasteiger partial charge is 0.382 e. The molecule has 0 radical (unpaired) electrons. The fraction of sp³-hybridized carbons (Fsp3) is 0.600.